The Bertz CT molecular complexity index is 1720. The number of allylic oxidation sites excluding steroid dienone is 1. The quantitative estimate of drug-likeness (QED) is 0.219. The van der Waals surface area contributed by atoms with E-state index in [0.717, 1.165) is 56.2 Å². The molecule has 2 fully saturated rings. The van der Waals surface area contributed by atoms with E-state index in [0.29, 0.717) is 25.4 Å². The number of likely N-dealkylation sites (tertiary alicyclic amines) is 1. The molecule has 45 heavy (non-hydrogen) atoms. The Morgan fingerprint density at radius 1 is 1.00 bits per heavy atom. The molecule has 2 heterocycles. The molecule has 1 N–H and O–H groups in total. The van der Waals surface area contributed by atoms with E-state index in [1.165, 1.54) is 40.5 Å². The minimum absolute atomic E-state index is 0.111. The molecule has 0 bridgehead atoms. The van der Waals surface area contributed by atoms with E-state index in [1.807, 2.05) is 42.2 Å². The van der Waals surface area contributed by atoms with Crippen molar-refractivity contribution in [3.8, 4) is 0 Å². The van der Waals surface area contributed by atoms with Crippen molar-refractivity contribution in [2.75, 3.05) is 13.1 Å². The van der Waals surface area contributed by atoms with Gasteiger partial charge in [0.2, 0.25) is 5.91 Å². The Morgan fingerprint density at radius 2 is 1.76 bits per heavy atom. The van der Waals surface area contributed by atoms with E-state index in [-0.39, 0.29) is 22.6 Å². The molecule has 1 aromatic heterocycles. The second kappa shape index (κ2) is 15.2. The number of carbonyl (C=O) groups excluding carboxylic acids is 2. The molecule has 234 valence electrons. The van der Waals surface area contributed by atoms with Crippen LogP contribution in [0, 0.1) is 12.7 Å². The number of piperidine rings is 1. The van der Waals surface area contributed by atoms with Gasteiger partial charge >= 0.3 is 0 Å². The third-order valence-electron chi connectivity index (χ3n) is 8.50. The maximum atomic E-state index is 14.0. The lowest BCUT2D eigenvalue weighted by Gasteiger charge is -2.30. The number of rotatable bonds is 6. The first kappa shape index (κ1) is 32.2. The number of amides is 2. The number of nitrogens with one attached hydrogen (secondary N) is 1. The van der Waals surface area contributed by atoms with Crippen LogP contribution in [0.2, 0.25) is 5.02 Å². The highest BCUT2D eigenvalue weighted by Gasteiger charge is 2.24. The predicted octanol–water partition coefficient (Wildman–Crippen LogP) is 8.11. The molecular weight excluding hydrogens is 591 g/mol. The van der Waals surface area contributed by atoms with Gasteiger partial charge < -0.3 is 14.6 Å². The average Bonchev–Trinajstić information content (AvgIpc) is 3.05. The molecule has 1 saturated heterocycles. The second-order valence-corrected chi connectivity index (χ2v) is 12.1. The van der Waals surface area contributed by atoms with Gasteiger partial charge in [-0.1, -0.05) is 71.3 Å². The van der Waals surface area contributed by atoms with Crippen molar-refractivity contribution >= 4 is 34.4 Å². The number of hydrogen-bond acceptors (Lipinski definition) is 4. The Balaban J connectivity index is 0.000000436. The fourth-order valence-corrected chi connectivity index (χ4v) is 6.10. The minimum atomic E-state index is -0.674. The molecule has 6 nitrogen and oxygen atoms in total. The number of carbonyl (C=O) groups is 2. The van der Waals surface area contributed by atoms with Crippen molar-refractivity contribution in [2.45, 2.75) is 64.3 Å². The number of benzene rings is 3. The lowest BCUT2D eigenvalue weighted by atomic mass is 9.79. The third kappa shape index (κ3) is 8.49. The normalized spacial score (nSPS) is 16.6. The molecule has 1 saturated carbocycles. The fraction of sp³-hybridized carbons (Fsp3) is 0.324. The third-order valence-corrected chi connectivity index (χ3v) is 8.75. The summed E-state index contributed by atoms with van der Waals surface area (Å²) in [4.78, 5) is 39.1. The van der Waals surface area contributed by atoms with Crippen LogP contribution in [0.15, 0.2) is 93.7 Å². The van der Waals surface area contributed by atoms with Crippen LogP contribution in [0.4, 0.5) is 4.39 Å². The molecule has 0 atom stereocenters. The van der Waals surface area contributed by atoms with Gasteiger partial charge in [0, 0.05) is 37.1 Å². The lowest BCUT2D eigenvalue weighted by molar-refractivity contribution is -0.133. The van der Waals surface area contributed by atoms with Crippen LogP contribution < -0.4 is 10.7 Å². The maximum Gasteiger partial charge on any atom is 0.287 e. The highest BCUT2D eigenvalue weighted by molar-refractivity contribution is 6.30. The Hall–Kier alpha value is -4.23. The van der Waals surface area contributed by atoms with Crippen molar-refractivity contribution in [1.82, 2.24) is 10.2 Å². The SMILES string of the molecule is Cc1ccc(Cl)cc1.O=C(NCC=C1CCC(c2ccccc2CN2CCCCC2=O)CC1)c1cc(=O)c2cccc(F)c2o1. The number of para-hydroxylation sites is 1. The van der Waals surface area contributed by atoms with E-state index in [1.54, 1.807) is 0 Å². The molecular formula is C37H38ClFN2O4. The number of nitrogens with zero attached hydrogens (tertiary/aromatic N) is 1. The van der Waals surface area contributed by atoms with Gasteiger partial charge in [0.25, 0.3) is 5.91 Å². The number of fused-ring (bicyclic) bond motifs is 1. The van der Waals surface area contributed by atoms with E-state index in [4.69, 9.17) is 16.0 Å². The second-order valence-electron chi connectivity index (χ2n) is 11.7. The topological polar surface area (TPSA) is 79.6 Å². The van der Waals surface area contributed by atoms with Crippen molar-refractivity contribution < 1.29 is 18.4 Å². The summed E-state index contributed by atoms with van der Waals surface area (Å²) in [6.07, 6.45) is 8.65. The molecule has 0 spiro atoms. The molecule has 1 aliphatic heterocycles. The van der Waals surface area contributed by atoms with Gasteiger partial charge in [0.05, 0.1) is 5.39 Å². The first-order chi connectivity index (χ1) is 21.8. The van der Waals surface area contributed by atoms with Crippen molar-refractivity contribution in [3.63, 3.8) is 0 Å². The van der Waals surface area contributed by atoms with E-state index in [9.17, 15) is 18.8 Å². The van der Waals surface area contributed by atoms with Gasteiger partial charge in [-0.15, -0.1) is 0 Å². The maximum absolute atomic E-state index is 14.0. The Kier molecular flexibility index (Phi) is 10.8. The predicted molar refractivity (Wildman–Crippen MR) is 176 cm³/mol. The van der Waals surface area contributed by atoms with Gasteiger partial charge in [0.1, 0.15) is 0 Å². The number of aryl methyl sites for hydroxylation is 1. The highest BCUT2D eigenvalue weighted by atomic mass is 35.5. The van der Waals surface area contributed by atoms with Gasteiger partial charge in [-0.25, -0.2) is 4.39 Å². The molecule has 2 aliphatic rings. The smallest absolute Gasteiger partial charge is 0.287 e. The zero-order valence-electron chi connectivity index (χ0n) is 25.5. The summed E-state index contributed by atoms with van der Waals surface area (Å²) in [6.45, 7) is 3.88. The van der Waals surface area contributed by atoms with Crippen LogP contribution in [0.5, 0.6) is 0 Å². The lowest BCUT2D eigenvalue weighted by Crippen LogP contribution is -2.35. The first-order valence-corrected chi connectivity index (χ1v) is 15.9. The van der Waals surface area contributed by atoms with Crippen LogP contribution in [-0.4, -0.2) is 29.8 Å². The zero-order chi connectivity index (χ0) is 31.8. The van der Waals surface area contributed by atoms with Crippen LogP contribution in [0.25, 0.3) is 11.0 Å². The summed E-state index contributed by atoms with van der Waals surface area (Å²) < 4.78 is 19.4. The molecule has 0 unspecified atom stereocenters. The van der Waals surface area contributed by atoms with Gasteiger partial charge in [0.15, 0.2) is 22.6 Å². The van der Waals surface area contributed by atoms with E-state index >= 15 is 0 Å². The monoisotopic (exact) mass is 628 g/mol. The zero-order valence-corrected chi connectivity index (χ0v) is 26.2. The number of hydrogen-bond donors (Lipinski definition) is 1. The van der Waals surface area contributed by atoms with Gasteiger partial charge in [-0.2, -0.15) is 0 Å². The minimum Gasteiger partial charge on any atom is -0.448 e. The Labute approximate surface area is 267 Å². The van der Waals surface area contributed by atoms with Crippen LogP contribution >= 0.6 is 11.6 Å². The van der Waals surface area contributed by atoms with Crippen molar-refractivity contribution in [1.29, 1.82) is 0 Å². The summed E-state index contributed by atoms with van der Waals surface area (Å²) in [5, 5.41) is 3.66. The largest absolute Gasteiger partial charge is 0.448 e. The van der Waals surface area contributed by atoms with Crippen molar-refractivity contribution in [3.05, 3.63) is 128 Å². The summed E-state index contributed by atoms with van der Waals surface area (Å²) in [5.41, 5.74) is 4.46. The van der Waals surface area contributed by atoms with E-state index < -0.39 is 17.2 Å². The summed E-state index contributed by atoms with van der Waals surface area (Å²) in [7, 11) is 0. The van der Waals surface area contributed by atoms with Crippen LogP contribution in [0.1, 0.15) is 78.1 Å². The summed E-state index contributed by atoms with van der Waals surface area (Å²) in [6, 6.07) is 21.4. The molecule has 2 amide bonds. The molecule has 4 aromatic rings. The highest BCUT2D eigenvalue weighted by Crippen LogP contribution is 2.37. The van der Waals surface area contributed by atoms with E-state index in [2.05, 4.69) is 29.6 Å². The molecule has 6 rings (SSSR count). The molecule has 3 aromatic carbocycles. The van der Waals surface area contributed by atoms with Crippen LogP contribution in [-0.2, 0) is 11.3 Å². The van der Waals surface area contributed by atoms with Gasteiger partial charge in [-0.3, -0.25) is 14.4 Å². The molecule has 0 radical (unpaired) electrons. The van der Waals surface area contributed by atoms with Crippen molar-refractivity contribution in [2.24, 2.45) is 0 Å². The number of halogens is 2. The van der Waals surface area contributed by atoms with Crippen LogP contribution in [0.3, 0.4) is 0 Å². The standard InChI is InChI=1S/C30H31FN2O4.C7H7Cl/c31-25-9-5-8-24-26(34)18-27(37-29(24)25)30(36)32-16-15-20-11-13-21(14-12-20)23-7-2-1-6-22(23)19-33-17-4-3-10-28(33)35;1-6-2-4-7(8)5-3-6/h1-2,5-9,15,18,21H,3-4,10-14,16-17,19H2,(H,32,36);2-5H,1H3. The van der Waals surface area contributed by atoms with Gasteiger partial charge in [-0.05, 0) is 86.8 Å². The molecule has 1 aliphatic carbocycles. The first-order valence-electron chi connectivity index (χ1n) is 15.5. The summed E-state index contributed by atoms with van der Waals surface area (Å²) in [5.74, 6) is -0.718. The Morgan fingerprint density at radius 3 is 2.49 bits per heavy atom. The average molecular weight is 629 g/mol. The fourth-order valence-electron chi connectivity index (χ4n) is 5.98. The summed E-state index contributed by atoms with van der Waals surface area (Å²) >= 11 is 5.61. The molecule has 8 heteroatoms.